The van der Waals surface area contributed by atoms with E-state index in [0.717, 1.165) is 18.8 Å². The Hall–Kier alpha value is -0.440. The predicted molar refractivity (Wildman–Crippen MR) is 97.5 cm³/mol. The first kappa shape index (κ1) is 20.6. The zero-order chi connectivity index (χ0) is 15.6. The fraction of sp³-hybridized carbons (Fsp3) is 0.905. The van der Waals surface area contributed by atoms with Crippen molar-refractivity contribution in [2.75, 3.05) is 0 Å². The lowest BCUT2D eigenvalue weighted by Crippen LogP contribution is -1.99. The smallest absolute Gasteiger partial charge is 0.00886 e. The standard InChI is InChI=1S/C21H40/c1-4-7-9-11-13-15-17-19-21(6-3)20-18-16-14-12-10-8-5-2/h21H,4-7,9,11-20H2,1-3H3. The summed E-state index contributed by atoms with van der Waals surface area (Å²) in [5.74, 6) is 7.40. The van der Waals surface area contributed by atoms with Crippen molar-refractivity contribution in [3.05, 3.63) is 0 Å². The Balaban J connectivity index is 3.37. The summed E-state index contributed by atoms with van der Waals surface area (Å²) in [7, 11) is 0. The van der Waals surface area contributed by atoms with Crippen molar-refractivity contribution in [3.8, 4) is 11.8 Å². The lowest BCUT2D eigenvalue weighted by molar-refractivity contribution is 0.395. The molecule has 0 fully saturated rings. The van der Waals surface area contributed by atoms with Gasteiger partial charge in [-0.15, -0.1) is 11.8 Å². The van der Waals surface area contributed by atoms with E-state index < -0.39 is 0 Å². The van der Waals surface area contributed by atoms with Crippen LogP contribution >= 0.6 is 0 Å². The van der Waals surface area contributed by atoms with Crippen LogP contribution in [0.15, 0.2) is 0 Å². The van der Waals surface area contributed by atoms with Gasteiger partial charge in [0, 0.05) is 12.8 Å². The molecule has 0 heteroatoms. The second-order valence-corrected chi connectivity index (χ2v) is 6.49. The van der Waals surface area contributed by atoms with E-state index in [1.165, 1.54) is 83.5 Å². The minimum Gasteiger partial charge on any atom is -0.104 e. The van der Waals surface area contributed by atoms with Gasteiger partial charge in [0.1, 0.15) is 0 Å². The third-order valence-corrected chi connectivity index (χ3v) is 4.51. The Kier molecular flexibility index (Phi) is 17.2. The highest BCUT2D eigenvalue weighted by Crippen LogP contribution is 2.21. The first-order chi connectivity index (χ1) is 10.3. The summed E-state index contributed by atoms with van der Waals surface area (Å²) in [5, 5.41) is 0. The van der Waals surface area contributed by atoms with Crippen LogP contribution < -0.4 is 0 Å². The largest absolute Gasteiger partial charge is 0.104 e. The zero-order valence-electron chi connectivity index (χ0n) is 15.2. The van der Waals surface area contributed by atoms with E-state index in [1.54, 1.807) is 0 Å². The maximum absolute atomic E-state index is 3.25. The number of hydrogen-bond donors (Lipinski definition) is 0. The van der Waals surface area contributed by atoms with Crippen molar-refractivity contribution in [1.29, 1.82) is 0 Å². The van der Waals surface area contributed by atoms with E-state index in [-0.39, 0.29) is 0 Å². The van der Waals surface area contributed by atoms with E-state index in [1.807, 2.05) is 0 Å². The molecule has 0 N–H and O–H groups in total. The second kappa shape index (κ2) is 17.6. The zero-order valence-corrected chi connectivity index (χ0v) is 15.2. The van der Waals surface area contributed by atoms with Gasteiger partial charge in [0.25, 0.3) is 0 Å². The highest BCUT2D eigenvalue weighted by molar-refractivity contribution is 4.97. The molecule has 21 heavy (non-hydrogen) atoms. The van der Waals surface area contributed by atoms with Gasteiger partial charge >= 0.3 is 0 Å². The molecule has 0 spiro atoms. The molecule has 0 amide bonds. The summed E-state index contributed by atoms with van der Waals surface area (Å²) >= 11 is 0. The molecule has 124 valence electrons. The van der Waals surface area contributed by atoms with E-state index >= 15 is 0 Å². The van der Waals surface area contributed by atoms with Gasteiger partial charge in [0.2, 0.25) is 0 Å². The van der Waals surface area contributed by atoms with Crippen LogP contribution in [0.1, 0.15) is 117 Å². The van der Waals surface area contributed by atoms with Gasteiger partial charge in [-0.1, -0.05) is 97.8 Å². The minimum atomic E-state index is 0.988. The lowest BCUT2D eigenvalue weighted by Gasteiger charge is -2.14. The average Bonchev–Trinajstić information content (AvgIpc) is 2.51. The fourth-order valence-corrected chi connectivity index (χ4v) is 2.98. The van der Waals surface area contributed by atoms with E-state index in [0.29, 0.717) is 0 Å². The molecule has 0 aliphatic heterocycles. The first-order valence-electron chi connectivity index (χ1n) is 9.80. The average molecular weight is 293 g/mol. The summed E-state index contributed by atoms with van der Waals surface area (Å²) < 4.78 is 0. The molecule has 0 radical (unpaired) electrons. The molecule has 0 aliphatic rings. The monoisotopic (exact) mass is 292 g/mol. The van der Waals surface area contributed by atoms with Crippen molar-refractivity contribution >= 4 is 0 Å². The summed E-state index contributed by atoms with van der Waals surface area (Å²) in [6.07, 6.45) is 20.6. The lowest BCUT2D eigenvalue weighted by atomic mass is 9.92. The Morgan fingerprint density at radius 2 is 1.19 bits per heavy atom. The second-order valence-electron chi connectivity index (χ2n) is 6.49. The molecule has 0 aromatic carbocycles. The molecule has 0 heterocycles. The summed E-state index contributed by atoms with van der Waals surface area (Å²) in [6.45, 7) is 6.80. The van der Waals surface area contributed by atoms with Crippen LogP contribution in [-0.4, -0.2) is 0 Å². The Bertz CT molecular complexity index is 242. The van der Waals surface area contributed by atoms with Crippen LogP contribution in [0.5, 0.6) is 0 Å². The van der Waals surface area contributed by atoms with Gasteiger partial charge in [-0.3, -0.25) is 0 Å². The number of unbranched alkanes of at least 4 members (excludes halogenated alkanes) is 9. The minimum absolute atomic E-state index is 0.988. The van der Waals surface area contributed by atoms with Crippen LogP contribution in [0.25, 0.3) is 0 Å². The van der Waals surface area contributed by atoms with E-state index in [2.05, 4.69) is 32.6 Å². The van der Waals surface area contributed by atoms with Crippen molar-refractivity contribution in [1.82, 2.24) is 0 Å². The van der Waals surface area contributed by atoms with Crippen LogP contribution in [0, 0.1) is 17.8 Å². The molecule has 0 saturated heterocycles. The molecule has 1 atom stereocenters. The van der Waals surface area contributed by atoms with Gasteiger partial charge < -0.3 is 0 Å². The van der Waals surface area contributed by atoms with Crippen molar-refractivity contribution < 1.29 is 0 Å². The molecule has 0 aliphatic carbocycles. The molecular weight excluding hydrogens is 252 g/mol. The van der Waals surface area contributed by atoms with Crippen LogP contribution in [0.2, 0.25) is 0 Å². The van der Waals surface area contributed by atoms with Gasteiger partial charge in [0.15, 0.2) is 0 Å². The molecule has 0 bridgehead atoms. The van der Waals surface area contributed by atoms with Gasteiger partial charge in [-0.05, 0) is 12.3 Å². The van der Waals surface area contributed by atoms with E-state index in [4.69, 9.17) is 0 Å². The van der Waals surface area contributed by atoms with Crippen molar-refractivity contribution in [3.63, 3.8) is 0 Å². The molecule has 0 rings (SSSR count). The first-order valence-corrected chi connectivity index (χ1v) is 9.80. The predicted octanol–water partition coefficient (Wildman–Crippen LogP) is 7.52. The number of hydrogen-bond acceptors (Lipinski definition) is 0. The normalized spacial score (nSPS) is 12.0. The maximum Gasteiger partial charge on any atom is 0.00886 e. The Morgan fingerprint density at radius 1 is 0.619 bits per heavy atom. The summed E-state index contributed by atoms with van der Waals surface area (Å²) in [5.41, 5.74) is 0. The van der Waals surface area contributed by atoms with Crippen LogP contribution in [-0.2, 0) is 0 Å². The van der Waals surface area contributed by atoms with Crippen LogP contribution in [0.4, 0.5) is 0 Å². The topological polar surface area (TPSA) is 0 Å². The molecule has 0 nitrogen and oxygen atoms in total. The van der Waals surface area contributed by atoms with Gasteiger partial charge in [-0.25, -0.2) is 0 Å². The SMILES string of the molecule is CCC#CCCCCCC(CC)CCCCCCCCC. The summed E-state index contributed by atoms with van der Waals surface area (Å²) in [4.78, 5) is 0. The Labute approximate surface area is 135 Å². The molecular formula is C21H40. The third kappa shape index (κ3) is 15.8. The third-order valence-electron chi connectivity index (χ3n) is 4.51. The molecule has 0 aromatic heterocycles. The van der Waals surface area contributed by atoms with Crippen LogP contribution in [0.3, 0.4) is 0 Å². The quantitative estimate of drug-likeness (QED) is 0.229. The molecule has 0 saturated carbocycles. The fourth-order valence-electron chi connectivity index (χ4n) is 2.98. The van der Waals surface area contributed by atoms with Gasteiger partial charge in [-0.2, -0.15) is 0 Å². The molecule has 0 aromatic rings. The maximum atomic E-state index is 3.25. The van der Waals surface area contributed by atoms with Gasteiger partial charge in [0.05, 0.1) is 0 Å². The number of rotatable bonds is 14. The van der Waals surface area contributed by atoms with Crippen molar-refractivity contribution in [2.45, 2.75) is 117 Å². The van der Waals surface area contributed by atoms with Crippen molar-refractivity contribution in [2.24, 2.45) is 5.92 Å². The molecule has 1 unspecified atom stereocenters. The summed E-state index contributed by atoms with van der Waals surface area (Å²) in [6, 6.07) is 0. The van der Waals surface area contributed by atoms with E-state index in [9.17, 15) is 0 Å². The highest BCUT2D eigenvalue weighted by Gasteiger charge is 2.05. The Morgan fingerprint density at radius 3 is 1.76 bits per heavy atom. The highest BCUT2D eigenvalue weighted by atomic mass is 14.1.